The summed E-state index contributed by atoms with van der Waals surface area (Å²) in [6.45, 7) is 9.04. The summed E-state index contributed by atoms with van der Waals surface area (Å²) >= 11 is 3.49. The number of sulfone groups is 1. The first-order valence-corrected chi connectivity index (χ1v) is 12.4. The summed E-state index contributed by atoms with van der Waals surface area (Å²) in [5, 5.41) is 4.72. The number of hydrogen-bond donors (Lipinski definition) is 0. The van der Waals surface area contributed by atoms with Crippen LogP contribution in [0, 0.1) is 13.8 Å². The van der Waals surface area contributed by atoms with Crippen molar-refractivity contribution in [3.8, 4) is 0 Å². The highest BCUT2D eigenvalue weighted by atomic mass is 79.9. The summed E-state index contributed by atoms with van der Waals surface area (Å²) in [7, 11) is -2.91. The molecule has 1 atom stereocenters. The normalized spacial score (nSPS) is 22.7. The molecular weight excluding hydrogens is 440 g/mol. The zero-order chi connectivity index (χ0) is 19.9. The Bertz CT molecular complexity index is 947. The number of benzene rings is 1. The van der Waals surface area contributed by atoms with E-state index in [-0.39, 0.29) is 17.5 Å². The minimum Gasteiger partial charge on any atom is -0.366 e. The molecule has 152 valence electrons. The van der Waals surface area contributed by atoms with Gasteiger partial charge in [-0.3, -0.25) is 9.58 Å². The minimum absolute atomic E-state index is 0.0175. The maximum absolute atomic E-state index is 11.9. The van der Waals surface area contributed by atoms with Crippen LogP contribution in [0.15, 0.2) is 28.7 Å². The monoisotopic (exact) mass is 466 g/mol. The van der Waals surface area contributed by atoms with E-state index < -0.39 is 9.84 Å². The number of hydrogen-bond acceptors (Lipinski definition) is 5. The van der Waals surface area contributed by atoms with Gasteiger partial charge >= 0.3 is 0 Å². The van der Waals surface area contributed by atoms with Crippen LogP contribution < -0.4 is 4.90 Å². The van der Waals surface area contributed by atoms with Crippen LogP contribution in [0.5, 0.6) is 0 Å². The fraction of sp³-hybridized carbons (Fsp3) is 0.550. The SMILES string of the molecule is Cc1nn(C2CCS(=O)(=O)C2)c(C)c1N1CCN(Cc2ccc(Br)cc2)CC1. The predicted octanol–water partition coefficient (Wildman–Crippen LogP) is 2.94. The van der Waals surface area contributed by atoms with E-state index >= 15 is 0 Å². The van der Waals surface area contributed by atoms with Gasteiger partial charge in [-0.05, 0) is 38.0 Å². The van der Waals surface area contributed by atoms with Crippen LogP contribution in [0.25, 0.3) is 0 Å². The molecule has 1 aromatic heterocycles. The second-order valence-electron chi connectivity index (χ2n) is 7.91. The molecule has 0 radical (unpaired) electrons. The van der Waals surface area contributed by atoms with Gasteiger partial charge in [0.2, 0.25) is 0 Å². The van der Waals surface area contributed by atoms with E-state index in [2.05, 4.69) is 56.9 Å². The van der Waals surface area contributed by atoms with Crippen molar-refractivity contribution in [2.45, 2.75) is 32.9 Å². The van der Waals surface area contributed by atoms with Crippen molar-refractivity contribution in [3.05, 3.63) is 45.7 Å². The van der Waals surface area contributed by atoms with Gasteiger partial charge < -0.3 is 4.90 Å². The van der Waals surface area contributed by atoms with Gasteiger partial charge in [-0.15, -0.1) is 0 Å². The van der Waals surface area contributed by atoms with E-state index in [1.54, 1.807) is 0 Å². The molecule has 0 saturated carbocycles. The molecule has 6 nitrogen and oxygen atoms in total. The second kappa shape index (κ2) is 7.80. The lowest BCUT2D eigenvalue weighted by Crippen LogP contribution is -2.46. The van der Waals surface area contributed by atoms with E-state index in [0.29, 0.717) is 6.42 Å². The molecule has 0 bridgehead atoms. The molecule has 0 spiro atoms. The van der Waals surface area contributed by atoms with Crippen LogP contribution in [-0.4, -0.2) is 60.8 Å². The van der Waals surface area contributed by atoms with Crippen LogP contribution >= 0.6 is 15.9 Å². The zero-order valence-electron chi connectivity index (χ0n) is 16.4. The number of piperazine rings is 1. The Kier molecular flexibility index (Phi) is 5.55. The number of aromatic nitrogens is 2. The third-order valence-electron chi connectivity index (χ3n) is 5.85. The molecule has 2 saturated heterocycles. The number of halogens is 1. The molecule has 0 aliphatic carbocycles. The Labute approximate surface area is 175 Å². The lowest BCUT2D eigenvalue weighted by molar-refractivity contribution is 0.249. The van der Waals surface area contributed by atoms with Crippen molar-refractivity contribution in [2.24, 2.45) is 0 Å². The second-order valence-corrected chi connectivity index (χ2v) is 11.1. The average Bonchev–Trinajstić information content (AvgIpc) is 3.16. The van der Waals surface area contributed by atoms with Crippen LogP contribution in [-0.2, 0) is 16.4 Å². The van der Waals surface area contributed by atoms with Gasteiger partial charge in [-0.2, -0.15) is 5.10 Å². The molecule has 0 amide bonds. The van der Waals surface area contributed by atoms with Crippen molar-refractivity contribution in [1.29, 1.82) is 0 Å². The molecule has 2 aliphatic rings. The summed E-state index contributed by atoms with van der Waals surface area (Å²) in [5.74, 6) is 0.495. The standard InChI is InChI=1S/C20H27BrN4O2S/c1-15-20(16(2)25(22-15)19-7-12-28(26,27)14-19)24-10-8-23(9-11-24)13-17-3-5-18(21)6-4-17/h3-6,19H,7-14H2,1-2H3. The molecule has 1 unspecified atom stereocenters. The first kappa shape index (κ1) is 19.9. The van der Waals surface area contributed by atoms with Crippen molar-refractivity contribution in [1.82, 2.24) is 14.7 Å². The lowest BCUT2D eigenvalue weighted by atomic mass is 10.2. The van der Waals surface area contributed by atoms with Crippen molar-refractivity contribution >= 4 is 31.5 Å². The first-order chi connectivity index (χ1) is 13.3. The maximum atomic E-state index is 11.9. The summed E-state index contributed by atoms with van der Waals surface area (Å²) in [6.07, 6.45) is 0.671. The highest BCUT2D eigenvalue weighted by Crippen LogP contribution is 2.31. The van der Waals surface area contributed by atoms with Gasteiger partial charge in [0.25, 0.3) is 0 Å². The molecule has 2 aliphatic heterocycles. The Balaban J connectivity index is 1.42. The molecular formula is C20H27BrN4O2S. The number of nitrogens with zero attached hydrogens (tertiary/aromatic N) is 4. The predicted molar refractivity (Wildman–Crippen MR) is 116 cm³/mol. The Hall–Kier alpha value is -1.38. The highest BCUT2D eigenvalue weighted by Gasteiger charge is 2.32. The van der Waals surface area contributed by atoms with E-state index in [1.165, 1.54) is 11.3 Å². The van der Waals surface area contributed by atoms with Crippen LogP contribution in [0.4, 0.5) is 5.69 Å². The first-order valence-electron chi connectivity index (χ1n) is 9.80. The molecule has 1 aromatic carbocycles. The van der Waals surface area contributed by atoms with Crippen LogP contribution in [0.3, 0.4) is 0 Å². The smallest absolute Gasteiger partial charge is 0.152 e. The van der Waals surface area contributed by atoms with E-state index in [0.717, 1.165) is 48.6 Å². The topological polar surface area (TPSA) is 58.4 Å². The van der Waals surface area contributed by atoms with Gasteiger partial charge in [0.05, 0.1) is 34.6 Å². The van der Waals surface area contributed by atoms with Gasteiger partial charge in [0.1, 0.15) is 0 Å². The number of rotatable bonds is 4. The molecule has 3 heterocycles. The van der Waals surface area contributed by atoms with Crippen LogP contribution in [0.2, 0.25) is 0 Å². The molecule has 8 heteroatoms. The van der Waals surface area contributed by atoms with E-state index in [1.807, 2.05) is 11.6 Å². The van der Waals surface area contributed by atoms with Gasteiger partial charge in [-0.1, -0.05) is 28.1 Å². The Morgan fingerprint density at radius 2 is 1.79 bits per heavy atom. The molecule has 0 N–H and O–H groups in total. The average molecular weight is 467 g/mol. The zero-order valence-corrected chi connectivity index (χ0v) is 18.8. The fourth-order valence-electron chi connectivity index (χ4n) is 4.41. The van der Waals surface area contributed by atoms with E-state index in [4.69, 9.17) is 5.10 Å². The molecule has 2 fully saturated rings. The minimum atomic E-state index is -2.91. The van der Waals surface area contributed by atoms with Crippen LogP contribution in [0.1, 0.15) is 29.4 Å². The maximum Gasteiger partial charge on any atom is 0.152 e. The largest absolute Gasteiger partial charge is 0.366 e. The third kappa shape index (κ3) is 4.14. The third-order valence-corrected chi connectivity index (χ3v) is 8.13. The molecule has 4 rings (SSSR count). The van der Waals surface area contributed by atoms with E-state index in [9.17, 15) is 8.42 Å². The lowest BCUT2D eigenvalue weighted by Gasteiger charge is -2.36. The number of anilines is 1. The summed E-state index contributed by atoms with van der Waals surface area (Å²) in [4.78, 5) is 4.90. The van der Waals surface area contributed by atoms with Crippen molar-refractivity contribution in [3.63, 3.8) is 0 Å². The van der Waals surface area contributed by atoms with Gasteiger partial charge in [0, 0.05) is 37.2 Å². The quantitative estimate of drug-likeness (QED) is 0.692. The summed E-state index contributed by atoms with van der Waals surface area (Å²) in [5.41, 5.74) is 4.62. The molecule has 28 heavy (non-hydrogen) atoms. The fourth-order valence-corrected chi connectivity index (χ4v) is 6.37. The summed E-state index contributed by atoms with van der Waals surface area (Å²) in [6, 6.07) is 8.51. The van der Waals surface area contributed by atoms with Gasteiger partial charge in [0.15, 0.2) is 9.84 Å². The highest BCUT2D eigenvalue weighted by molar-refractivity contribution is 9.10. The summed E-state index contributed by atoms with van der Waals surface area (Å²) < 4.78 is 26.8. The van der Waals surface area contributed by atoms with Crippen molar-refractivity contribution in [2.75, 3.05) is 42.6 Å². The molecule has 2 aromatic rings. The van der Waals surface area contributed by atoms with Crippen molar-refractivity contribution < 1.29 is 8.42 Å². The Morgan fingerprint density at radius 3 is 2.39 bits per heavy atom. The number of aryl methyl sites for hydroxylation is 1. The Morgan fingerprint density at radius 1 is 1.11 bits per heavy atom. The van der Waals surface area contributed by atoms with Gasteiger partial charge in [-0.25, -0.2) is 8.42 Å².